The minimum absolute atomic E-state index is 0.228. The zero-order valence-electron chi connectivity index (χ0n) is 20.2. The SMILES string of the molecule is CCCCOc1ccc(NC(=O)C(=O)N/N=C\c2cccc(OCC(=O)Nc3ccccc3Cl)c2)cc1. The summed E-state index contributed by atoms with van der Waals surface area (Å²) in [6.07, 6.45) is 3.34. The first-order chi connectivity index (χ1) is 17.9. The zero-order valence-corrected chi connectivity index (χ0v) is 21.0. The molecule has 0 aliphatic rings. The number of ether oxygens (including phenoxy) is 2. The molecule has 0 spiro atoms. The van der Waals surface area contributed by atoms with Crippen molar-refractivity contribution in [1.82, 2.24) is 5.43 Å². The van der Waals surface area contributed by atoms with E-state index in [1.165, 1.54) is 6.21 Å². The van der Waals surface area contributed by atoms with E-state index in [2.05, 4.69) is 28.1 Å². The van der Waals surface area contributed by atoms with Gasteiger partial charge in [0.05, 0.1) is 23.5 Å². The molecule has 0 radical (unpaired) electrons. The molecule has 0 bridgehead atoms. The number of hydrogen-bond acceptors (Lipinski definition) is 6. The van der Waals surface area contributed by atoms with E-state index in [1.54, 1.807) is 72.8 Å². The van der Waals surface area contributed by atoms with Crippen molar-refractivity contribution in [2.45, 2.75) is 19.8 Å². The van der Waals surface area contributed by atoms with Crippen LogP contribution >= 0.6 is 11.6 Å². The van der Waals surface area contributed by atoms with E-state index in [9.17, 15) is 14.4 Å². The summed E-state index contributed by atoms with van der Waals surface area (Å²) in [6, 6.07) is 20.3. The number of halogens is 1. The molecule has 0 saturated carbocycles. The van der Waals surface area contributed by atoms with Gasteiger partial charge in [-0.3, -0.25) is 14.4 Å². The minimum atomic E-state index is -0.928. The van der Waals surface area contributed by atoms with Gasteiger partial charge in [-0.1, -0.05) is 49.2 Å². The van der Waals surface area contributed by atoms with E-state index >= 15 is 0 Å². The Kier molecular flexibility index (Phi) is 10.5. The lowest BCUT2D eigenvalue weighted by Crippen LogP contribution is -2.32. The number of amides is 3. The zero-order chi connectivity index (χ0) is 26.5. The highest BCUT2D eigenvalue weighted by atomic mass is 35.5. The second-order valence-corrected chi connectivity index (χ2v) is 8.18. The minimum Gasteiger partial charge on any atom is -0.494 e. The van der Waals surface area contributed by atoms with Gasteiger partial charge < -0.3 is 20.1 Å². The molecular formula is C27H27ClN4O5. The van der Waals surface area contributed by atoms with Crippen LogP contribution in [-0.2, 0) is 14.4 Å². The number of para-hydroxylation sites is 1. The first-order valence-corrected chi connectivity index (χ1v) is 12.0. The molecule has 3 rings (SSSR count). The van der Waals surface area contributed by atoms with Gasteiger partial charge in [0.15, 0.2) is 6.61 Å². The summed E-state index contributed by atoms with van der Waals surface area (Å²) in [5.41, 5.74) is 3.71. The number of nitrogens with one attached hydrogen (secondary N) is 3. The molecule has 0 saturated heterocycles. The molecule has 3 aromatic carbocycles. The van der Waals surface area contributed by atoms with Crippen molar-refractivity contribution < 1.29 is 23.9 Å². The maximum absolute atomic E-state index is 12.1. The lowest BCUT2D eigenvalue weighted by molar-refractivity contribution is -0.136. The topological polar surface area (TPSA) is 118 Å². The monoisotopic (exact) mass is 522 g/mol. The third-order valence-corrected chi connectivity index (χ3v) is 5.17. The highest BCUT2D eigenvalue weighted by molar-refractivity contribution is 6.39. The lowest BCUT2D eigenvalue weighted by Gasteiger charge is -2.09. The fourth-order valence-electron chi connectivity index (χ4n) is 2.96. The summed E-state index contributed by atoms with van der Waals surface area (Å²) >= 11 is 6.03. The van der Waals surface area contributed by atoms with Crippen LogP contribution < -0.4 is 25.5 Å². The van der Waals surface area contributed by atoms with Gasteiger partial charge in [0.1, 0.15) is 11.5 Å². The fraction of sp³-hybridized carbons (Fsp3) is 0.185. The first kappa shape index (κ1) is 27.2. The van der Waals surface area contributed by atoms with Crippen molar-refractivity contribution in [2.75, 3.05) is 23.8 Å². The smallest absolute Gasteiger partial charge is 0.329 e. The van der Waals surface area contributed by atoms with Gasteiger partial charge in [-0.05, 0) is 60.5 Å². The molecule has 3 amide bonds. The molecule has 37 heavy (non-hydrogen) atoms. The molecule has 3 N–H and O–H groups in total. The number of unbranched alkanes of at least 4 members (excludes halogenated alkanes) is 1. The van der Waals surface area contributed by atoms with E-state index in [4.69, 9.17) is 21.1 Å². The lowest BCUT2D eigenvalue weighted by atomic mass is 10.2. The van der Waals surface area contributed by atoms with Crippen LogP contribution in [-0.4, -0.2) is 37.1 Å². The second-order valence-electron chi connectivity index (χ2n) is 7.77. The Labute approximate surface area is 219 Å². The second kappa shape index (κ2) is 14.3. The van der Waals surface area contributed by atoms with Crippen molar-refractivity contribution in [3.63, 3.8) is 0 Å². The van der Waals surface area contributed by atoms with Crippen LogP contribution in [0.15, 0.2) is 77.9 Å². The Morgan fingerprint density at radius 1 is 0.892 bits per heavy atom. The number of anilines is 2. The molecule has 9 nitrogen and oxygen atoms in total. The summed E-state index contributed by atoms with van der Waals surface area (Å²) in [4.78, 5) is 36.3. The van der Waals surface area contributed by atoms with Crippen LogP contribution in [0.25, 0.3) is 0 Å². The predicted octanol–water partition coefficient (Wildman–Crippen LogP) is 4.63. The average Bonchev–Trinajstić information content (AvgIpc) is 2.90. The Hall–Kier alpha value is -4.37. The summed E-state index contributed by atoms with van der Waals surface area (Å²) in [5, 5.41) is 9.40. The molecule has 0 aliphatic carbocycles. The molecule has 0 fully saturated rings. The van der Waals surface area contributed by atoms with Gasteiger partial charge in [0.2, 0.25) is 0 Å². The van der Waals surface area contributed by atoms with E-state index in [-0.39, 0.29) is 12.5 Å². The largest absolute Gasteiger partial charge is 0.494 e. The Morgan fingerprint density at radius 3 is 2.43 bits per heavy atom. The van der Waals surface area contributed by atoms with Gasteiger partial charge in [0.25, 0.3) is 5.91 Å². The van der Waals surface area contributed by atoms with Crippen LogP contribution in [0.4, 0.5) is 11.4 Å². The molecular weight excluding hydrogens is 496 g/mol. The Balaban J connectivity index is 1.44. The molecule has 0 unspecified atom stereocenters. The van der Waals surface area contributed by atoms with Crippen molar-refractivity contribution in [3.8, 4) is 11.5 Å². The third-order valence-electron chi connectivity index (χ3n) is 4.84. The van der Waals surface area contributed by atoms with Crippen LogP contribution in [0.2, 0.25) is 5.02 Å². The van der Waals surface area contributed by atoms with Crippen LogP contribution in [0.5, 0.6) is 11.5 Å². The van der Waals surface area contributed by atoms with Crippen molar-refractivity contribution >= 4 is 46.9 Å². The van der Waals surface area contributed by atoms with Crippen LogP contribution in [0.3, 0.4) is 0 Å². The Bertz CT molecular complexity index is 1250. The molecule has 10 heteroatoms. The average molecular weight is 523 g/mol. The normalized spacial score (nSPS) is 10.5. The summed E-state index contributed by atoms with van der Waals surface area (Å²) in [6.45, 7) is 2.47. The summed E-state index contributed by atoms with van der Waals surface area (Å²) < 4.78 is 11.1. The van der Waals surface area contributed by atoms with Crippen molar-refractivity contribution in [3.05, 3.63) is 83.4 Å². The maximum atomic E-state index is 12.1. The highest BCUT2D eigenvalue weighted by Crippen LogP contribution is 2.20. The summed E-state index contributed by atoms with van der Waals surface area (Å²) in [5.74, 6) is -1.05. The maximum Gasteiger partial charge on any atom is 0.329 e. The first-order valence-electron chi connectivity index (χ1n) is 11.6. The quantitative estimate of drug-likeness (QED) is 0.147. The summed E-state index contributed by atoms with van der Waals surface area (Å²) in [7, 11) is 0. The number of carbonyl (C=O) groups is 3. The number of hydrogen-bond donors (Lipinski definition) is 3. The van der Waals surface area contributed by atoms with E-state index in [1.807, 2.05) is 0 Å². The number of nitrogens with zero attached hydrogens (tertiary/aromatic N) is 1. The van der Waals surface area contributed by atoms with Gasteiger partial charge in [-0.2, -0.15) is 5.10 Å². The van der Waals surface area contributed by atoms with Gasteiger partial charge >= 0.3 is 11.8 Å². The Morgan fingerprint density at radius 2 is 1.68 bits per heavy atom. The molecule has 0 aromatic heterocycles. The van der Waals surface area contributed by atoms with E-state index in [0.717, 1.165) is 12.8 Å². The van der Waals surface area contributed by atoms with Gasteiger partial charge in [-0.25, -0.2) is 5.43 Å². The van der Waals surface area contributed by atoms with Gasteiger partial charge in [-0.15, -0.1) is 0 Å². The van der Waals surface area contributed by atoms with E-state index < -0.39 is 11.8 Å². The number of hydrazone groups is 1. The highest BCUT2D eigenvalue weighted by Gasteiger charge is 2.13. The van der Waals surface area contributed by atoms with Crippen LogP contribution in [0.1, 0.15) is 25.3 Å². The van der Waals surface area contributed by atoms with Crippen molar-refractivity contribution in [2.24, 2.45) is 5.10 Å². The van der Waals surface area contributed by atoms with Gasteiger partial charge in [0, 0.05) is 5.69 Å². The third kappa shape index (κ3) is 9.30. The fourth-order valence-corrected chi connectivity index (χ4v) is 3.14. The number of benzene rings is 3. The molecule has 192 valence electrons. The van der Waals surface area contributed by atoms with E-state index in [0.29, 0.717) is 40.1 Å². The standard InChI is InChI=1S/C27H27ClN4O5/c1-2-3-15-36-21-13-11-20(12-14-21)30-26(34)27(35)32-29-17-19-7-6-8-22(16-19)37-18-25(33)31-24-10-5-4-9-23(24)28/h4-14,16-17H,2-3,15,18H2,1H3,(H,30,34)(H,31,33)(H,32,35)/b29-17-. The van der Waals surface area contributed by atoms with Crippen LogP contribution in [0, 0.1) is 0 Å². The molecule has 0 aliphatic heterocycles. The molecule has 0 heterocycles. The number of rotatable bonds is 11. The predicted molar refractivity (Wildman–Crippen MR) is 143 cm³/mol. The molecule has 0 atom stereocenters. The molecule has 3 aromatic rings. The number of carbonyl (C=O) groups excluding carboxylic acids is 3. The van der Waals surface area contributed by atoms with Crippen molar-refractivity contribution in [1.29, 1.82) is 0 Å².